The number of rotatable bonds is 10. The SMILES string of the molecule is CC1CC2OC2CC1C(=O)O.O=C(CCCCC(=O)OCC1CCC2OC2C1)OCC1CCC2OC2C1. The molecule has 3 aliphatic heterocycles. The second kappa shape index (κ2) is 12.0. The number of carbonyl (C=O) groups excluding carboxylic acids is 2. The molecule has 0 spiro atoms. The molecule has 3 aliphatic carbocycles. The van der Waals surface area contributed by atoms with Crippen molar-refractivity contribution in [3.05, 3.63) is 0 Å². The molecule has 0 bridgehead atoms. The maximum atomic E-state index is 11.8. The van der Waals surface area contributed by atoms with E-state index in [0.29, 0.717) is 81.3 Å². The Labute approximate surface area is 218 Å². The topological polar surface area (TPSA) is 127 Å². The van der Waals surface area contributed by atoms with Gasteiger partial charge < -0.3 is 28.8 Å². The molecule has 3 heterocycles. The van der Waals surface area contributed by atoms with Gasteiger partial charge in [-0.15, -0.1) is 0 Å². The minimum absolute atomic E-state index is 0.154. The van der Waals surface area contributed by atoms with Crippen molar-refractivity contribution in [3.63, 3.8) is 0 Å². The van der Waals surface area contributed by atoms with E-state index in [0.717, 1.165) is 51.4 Å². The van der Waals surface area contributed by atoms with Crippen molar-refractivity contribution in [2.24, 2.45) is 23.7 Å². The van der Waals surface area contributed by atoms with Gasteiger partial charge in [0, 0.05) is 12.8 Å². The lowest BCUT2D eigenvalue weighted by molar-refractivity contribution is -0.147. The van der Waals surface area contributed by atoms with Gasteiger partial charge in [-0.2, -0.15) is 0 Å². The summed E-state index contributed by atoms with van der Waals surface area (Å²) in [6, 6.07) is 0. The van der Waals surface area contributed by atoms with E-state index < -0.39 is 5.97 Å². The van der Waals surface area contributed by atoms with Crippen molar-refractivity contribution in [3.8, 4) is 0 Å². The van der Waals surface area contributed by atoms with Crippen LogP contribution in [0.15, 0.2) is 0 Å². The lowest BCUT2D eigenvalue weighted by Crippen LogP contribution is -2.28. The molecule has 0 aromatic carbocycles. The van der Waals surface area contributed by atoms with Crippen molar-refractivity contribution in [2.45, 2.75) is 121 Å². The van der Waals surface area contributed by atoms with Gasteiger partial charge in [0.15, 0.2) is 0 Å². The van der Waals surface area contributed by atoms with Gasteiger partial charge >= 0.3 is 17.9 Å². The molecule has 9 heteroatoms. The average molecular weight is 523 g/mol. The van der Waals surface area contributed by atoms with Gasteiger partial charge in [-0.1, -0.05) is 6.92 Å². The van der Waals surface area contributed by atoms with Gasteiger partial charge in [0.1, 0.15) is 0 Å². The summed E-state index contributed by atoms with van der Waals surface area (Å²) in [7, 11) is 0. The Balaban J connectivity index is 0.000000212. The van der Waals surface area contributed by atoms with Gasteiger partial charge in [0.25, 0.3) is 0 Å². The first-order valence-electron chi connectivity index (χ1n) is 14.4. The van der Waals surface area contributed by atoms with Crippen LogP contribution in [0.2, 0.25) is 0 Å². The predicted octanol–water partition coefficient (Wildman–Crippen LogP) is 3.65. The molecule has 6 aliphatic rings. The number of carboxylic acids is 1. The Bertz CT molecular complexity index is 784. The third-order valence-corrected chi connectivity index (χ3v) is 8.98. The van der Waals surface area contributed by atoms with E-state index in [-0.39, 0.29) is 29.9 Å². The zero-order valence-electron chi connectivity index (χ0n) is 21.9. The number of hydrogen-bond donors (Lipinski definition) is 1. The maximum absolute atomic E-state index is 11.8. The highest BCUT2D eigenvalue weighted by molar-refractivity contribution is 5.71. The van der Waals surface area contributed by atoms with Crippen LogP contribution in [0.25, 0.3) is 0 Å². The summed E-state index contributed by atoms with van der Waals surface area (Å²) in [5.74, 6) is 0.0563. The number of unbranched alkanes of at least 4 members (excludes halogenated alkanes) is 1. The Kier molecular flexibility index (Phi) is 8.71. The molecule has 0 aromatic rings. The van der Waals surface area contributed by atoms with Crippen LogP contribution in [0, 0.1) is 23.7 Å². The van der Waals surface area contributed by atoms with Crippen molar-refractivity contribution in [1.82, 2.24) is 0 Å². The molecule has 208 valence electrons. The smallest absolute Gasteiger partial charge is 0.306 e. The highest BCUT2D eigenvalue weighted by Crippen LogP contribution is 2.43. The van der Waals surface area contributed by atoms with Crippen LogP contribution in [-0.4, -0.2) is 72.9 Å². The largest absolute Gasteiger partial charge is 0.481 e. The van der Waals surface area contributed by atoms with Gasteiger partial charge in [-0.3, -0.25) is 14.4 Å². The Morgan fingerprint density at radius 2 is 1.14 bits per heavy atom. The van der Waals surface area contributed by atoms with E-state index in [1.54, 1.807) is 0 Å². The summed E-state index contributed by atoms with van der Waals surface area (Å²) in [4.78, 5) is 34.3. The van der Waals surface area contributed by atoms with Crippen molar-refractivity contribution in [2.75, 3.05) is 13.2 Å². The van der Waals surface area contributed by atoms with Crippen LogP contribution in [-0.2, 0) is 38.1 Å². The number of aliphatic carboxylic acids is 1. The predicted molar refractivity (Wildman–Crippen MR) is 131 cm³/mol. The number of carboxylic acid groups (broad SMARTS) is 1. The molecule has 0 amide bonds. The van der Waals surface area contributed by atoms with E-state index in [1.165, 1.54) is 0 Å². The second-order valence-corrected chi connectivity index (χ2v) is 12.0. The normalized spacial score (nSPS) is 40.5. The number of ether oxygens (including phenoxy) is 5. The Morgan fingerprint density at radius 1 is 0.676 bits per heavy atom. The molecule has 9 nitrogen and oxygen atoms in total. The summed E-state index contributed by atoms with van der Waals surface area (Å²) >= 11 is 0. The molecular formula is C28H42O9. The fourth-order valence-corrected chi connectivity index (χ4v) is 6.33. The van der Waals surface area contributed by atoms with E-state index in [1.807, 2.05) is 6.92 Å². The molecule has 0 radical (unpaired) electrons. The molecule has 3 saturated heterocycles. The first kappa shape index (κ1) is 26.9. The monoisotopic (exact) mass is 522 g/mol. The zero-order valence-corrected chi connectivity index (χ0v) is 21.9. The minimum Gasteiger partial charge on any atom is -0.481 e. The van der Waals surface area contributed by atoms with Crippen LogP contribution in [0.5, 0.6) is 0 Å². The number of fused-ring (bicyclic) bond motifs is 3. The minimum atomic E-state index is -0.661. The lowest BCUT2D eigenvalue weighted by Gasteiger charge is -2.21. The van der Waals surface area contributed by atoms with Crippen LogP contribution in [0.4, 0.5) is 0 Å². The summed E-state index contributed by atoms with van der Waals surface area (Å²) in [5.41, 5.74) is 0. The van der Waals surface area contributed by atoms with E-state index in [4.69, 9.17) is 28.8 Å². The standard InChI is InChI=1S/C20H30O6.C8H12O3/c21-19(23-11-13-5-7-15-17(9-13)25-15)3-1-2-4-20(22)24-12-14-6-8-16-18(10-14)26-16;1-4-2-6-7(11-6)3-5(4)8(9)10/h13-18H,1-12H2;4-7H,2-3H2,1H3,(H,9,10). The summed E-state index contributed by atoms with van der Waals surface area (Å²) in [6.07, 6.45) is 12.7. The maximum Gasteiger partial charge on any atom is 0.306 e. The summed E-state index contributed by atoms with van der Waals surface area (Å²) < 4.78 is 27.0. The first-order valence-corrected chi connectivity index (χ1v) is 14.4. The molecular weight excluding hydrogens is 480 g/mol. The third kappa shape index (κ3) is 7.90. The molecule has 1 N–H and O–H groups in total. The quantitative estimate of drug-likeness (QED) is 0.260. The molecule has 10 atom stereocenters. The Morgan fingerprint density at radius 3 is 1.62 bits per heavy atom. The lowest BCUT2D eigenvalue weighted by atomic mass is 9.81. The van der Waals surface area contributed by atoms with Crippen molar-refractivity contribution in [1.29, 1.82) is 0 Å². The van der Waals surface area contributed by atoms with Crippen LogP contribution >= 0.6 is 0 Å². The molecule has 37 heavy (non-hydrogen) atoms. The van der Waals surface area contributed by atoms with Crippen LogP contribution in [0.3, 0.4) is 0 Å². The van der Waals surface area contributed by atoms with Crippen LogP contribution < -0.4 is 0 Å². The van der Waals surface area contributed by atoms with Gasteiger partial charge in [0.05, 0.1) is 55.8 Å². The number of carbonyl (C=O) groups is 3. The number of epoxide rings is 3. The molecule has 10 unspecified atom stereocenters. The highest BCUT2D eigenvalue weighted by atomic mass is 16.6. The second-order valence-electron chi connectivity index (χ2n) is 12.0. The van der Waals surface area contributed by atoms with Crippen molar-refractivity contribution >= 4 is 17.9 Å². The molecule has 6 rings (SSSR count). The van der Waals surface area contributed by atoms with Gasteiger partial charge in [-0.25, -0.2) is 0 Å². The first-order chi connectivity index (χ1) is 17.9. The van der Waals surface area contributed by atoms with E-state index in [9.17, 15) is 14.4 Å². The van der Waals surface area contributed by atoms with E-state index in [2.05, 4.69) is 0 Å². The highest BCUT2D eigenvalue weighted by Gasteiger charge is 2.49. The molecule has 6 fully saturated rings. The fraction of sp³-hybridized carbons (Fsp3) is 0.893. The van der Waals surface area contributed by atoms with Crippen molar-refractivity contribution < 1.29 is 43.2 Å². The average Bonchev–Trinajstić information content (AvgIpc) is 3.76. The summed E-state index contributed by atoms with van der Waals surface area (Å²) in [5, 5.41) is 8.79. The molecule has 3 saturated carbocycles. The Hall–Kier alpha value is -1.71. The zero-order chi connectivity index (χ0) is 25.9. The molecule has 0 aromatic heterocycles. The number of esters is 2. The third-order valence-electron chi connectivity index (χ3n) is 8.98. The fourth-order valence-electron chi connectivity index (χ4n) is 6.33. The van der Waals surface area contributed by atoms with Gasteiger partial charge in [0.2, 0.25) is 0 Å². The van der Waals surface area contributed by atoms with Gasteiger partial charge in [-0.05, 0) is 82.0 Å². The summed E-state index contributed by atoms with van der Waals surface area (Å²) in [6.45, 7) is 3.03. The number of hydrogen-bond acceptors (Lipinski definition) is 8. The van der Waals surface area contributed by atoms with E-state index >= 15 is 0 Å². The van der Waals surface area contributed by atoms with Crippen LogP contribution in [0.1, 0.15) is 84.0 Å².